The molecule has 4 rings (SSSR count). The monoisotopic (exact) mass is 685 g/mol. The van der Waals surface area contributed by atoms with Crippen molar-refractivity contribution in [2.24, 2.45) is 0 Å². The van der Waals surface area contributed by atoms with Gasteiger partial charge in [0, 0.05) is 36.6 Å². The summed E-state index contributed by atoms with van der Waals surface area (Å²) < 4.78 is 16.0. The zero-order valence-corrected chi connectivity index (χ0v) is 29.3. The number of aryl methyl sites for hydroxylation is 1. The van der Waals surface area contributed by atoms with Crippen LogP contribution >= 0.6 is 0 Å². The number of unbranched alkanes of at least 4 members (excludes halogenated alkanes) is 5. The van der Waals surface area contributed by atoms with Gasteiger partial charge < -0.3 is 24.1 Å². The maximum atomic E-state index is 13.3. The molecule has 0 atom stereocenters. The number of aromatic nitrogens is 3. The van der Waals surface area contributed by atoms with Crippen LogP contribution in [-0.4, -0.2) is 65.7 Å². The number of amides is 2. The number of imidazole rings is 1. The summed E-state index contributed by atoms with van der Waals surface area (Å²) in [6.45, 7) is 6.81. The smallest absolute Gasteiger partial charge is 0.420 e. The molecule has 0 saturated carbocycles. The van der Waals surface area contributed by atoms with Crippen LogP contribution < -0.4 is 19.9 Å². The van der Waals surface area contributed by atoms with E-state index in [4.69, 9.17) is 24.6 Å². The van der Waals surface area contributed by atoms with E-state index >= 15 is 0 Å². The minimum Gasteiger partial charge on any atom is -0.466 e. The lowest BCUT2D eigenvalue weighted by Gasteiger charge is -2.21. The van der Waals surface area contributed by atoms with Gasteiger partial charge in [-0.05, 0) is 68.8 Å². The number of aromatic amines is 1. The number of nitrogens with one attached hydrogen (secondary N) is 3. The molecular weight excluding hydrogens is 638 g/mol. The first-order valence-electron chi connectivity index (χ1n) is 17.1. The van der Waals surface area contributed by atoms with Crippen LogP contribution in [-0.2, 0) is 20.8 Å². The molecule has 0 aliphatic heterocycles. The third-order valence-electron chi connectivity index (χ3n) is 8.04. The molecule has 2 aromatic heterocycles. The molecule has 2 heterocycles. The summed E-state index contributed by atoms with van der Waals surface area (Å²) in [7, 11) is 1.92. The van der Waals surface area contributed by atoms with Crippen molar-refractivity contribution in [1.82, 2.24) is 20.3 Å². The maximum absolute atomic E-state index is 13.3. The Labute approximate surface area is 292 Å². The number of carbonyl (C=O) groups is 3. The van der Waals surface area contributed by atoms with Crippen molar-refractivity contribution in [3.8, 4) is 5.75 Å². The lowest BCUT2D eigenvalue weighted by atomic mass is 10.1. The van der Waals surface area contributed by atoms with Gasteiger partial charge in [0.25, 0.3) is 0 Å². The number of hydrogen-bond acceptors (Lipinski definition) is 10. The number of esters is 1. The van der Waals surface area contributed by atoms with Crippen molar-refractivity contribution in [2.45, 2.75) is 72.3 Å². The van der Waals surface area contributed by atoms with Crippen LogP contribution in [0.3, 0.4) is 0 Å². The van der Waals surface area contributed by atoms with Gasteiger partial charge in [0.1, 0.15) is 23.2 Å². The van der Waals surface area contributed by atoms with E-state index in [1.165, 1.54) is 24.2 Å². The summed E-state index contributed by atoms with van der Waals surface area (Å²) >= 11 is 0. The van der Waals surface area contributed by atoms with Gasteiger partial charge in [-0.25, -0.2) is 19.6 Å². The molecule has 0 saturated heterocycles. The molecule has 266 valence electrons. The van der Waals surface area contributed by atoms with E-state index in [1.54, 1.807) is 55.6 Å². The fourth-order valence-electron chi connectivity index (χ4n) is 5.28. The molecule has 2 amide bonds. The molecule has 0 aliphatic carbocycles. The highest BCUT2D eigenvalue weighted by Gasteiger charge is 2.22. The number of anilines is 2. The summed E-state index contributed by atoms with van der Waals surface area (Å²) in [5, 5.41) is 10.8. The number of ether oxygens (including phenoxy) is 3. The largest absolute Gasteiger partial charge is 0.466 e. The van der Waals surface area contributed by atoms with Crippen LogP contribution in [0.1, 0.15) is 75.7 Å². The fourth-order valence-corrected chi connectivity index (χ4v) is 5.28. The molecule has 4 aromatic rings. The van der Waals surface area contributed by atoms with Crippen LogP contribution in [0.2, 0.25) is 0 Å². The molecule has 50 heavy (non-hydrogen) atoms. The molecule has 2 aromatic carbocycles. The summed E-state index contributed by atoms with van der Waals surface area (Å²) in [5.41, 5.74) is 3.56. The Balaban J connectivity index is 1.34. The number of carbonyl (C=O) groups excluding carboxylic acids is 3. The average molecular weight is 686 g/mol. The Morgan fingerprint density at radius 1 is 0.940 bits per heavy atom. The van der Waals surface area contributed by atoms with Gasteiger partial charge in [-0.1, -0.05) is 45.1 Å². The SMILES string of the molecule is CCCCCCCCOC(=O)NC(=N)c1ccc(N(C)Cc2nc3c(C)c(OC(=O)N(CCC(=O)OCC)c4ccccn4)ccc3[nH]2)cc1. The highest BCUT2D eigenvalue weighted by atomic mass is 16.6. The third-order valence-corrected chi connectivity index (χ3v) is 8.04. The van der Waals surface area contributed by atoms with Crippen molar-refractivity contribution < 1.29 is 28.6 Å². The van der Waals surface area contributed by atoms with E-state index < -0.39 is 18.2 Å². The number of nitrogens with zero attached hydrogens (tertiary/aromatic N) is 4. The van der Waals surface area contributed by atoms with Crippen LogP contribution in [0.25, 0.3) is 11.0 Å². The topological polar surface area (TPSA) is 163 Å². The summed E-state index contributed by atoms with van der Waals surface area (Å²) in [4.78, 5) is 53.1. The summed E-state index contributed by atoms with van der Waals surface area (Å²) in [6, 6.07) is 15.9. The number of pyridine rings is 1. The van der Waals surface area contributed by atoms with Gasteiger partial charge in [-0.3, -0.25) is 20.4 Å². The van der Waals surface area contributed by atoms with Crippen molar-refractivity contribution in [3.05, 3.63) is 77.7 Å². The van der Waals surface area contributed by atoms with Crippen LogP contribution in [0.5, 0.6) is 5.75 Å². The first-order chi connectivity index (χ1) is 24.2. The molecule has 3 N–H and O–H groups in total. The standard InChI is InChI=1S/C37H47N7O6/c1-5-7-8-9-10-13-24-49-36(46)42-35(38)27-15-17-28(18-16-27)43(4)25-31-40-29-19-20-30(26(3)34(29)41-31)50-37(47)44(23-21-33(45)48-6-2)32-14-11-12-22-39-32/h11-12,14-20,22H,5-10,13,21,23-25H2,1-4H3,(H,40,41)(H2,38,42,46). The number of benzene rings is 2. The molecule has 0 bridgehead atoms. The Hall–Kier alpha value is -5.46. The van der Waals surface area contributed by atoms with E-state index in [0.717, 1.165) is 30.5 Å². The zero-order chi connectivity index (χ0) is 35.9. The first kappa shape index (κ1) is 37.4. The molecule has 0 aliphatic rings. The van der Waals surface area contributed by atoms with Gasteiger partial charge >= 0.3 is 18.2 Å². The lowest BCUT2D eigenvalue weighted by molar-refractivity contribution is -0.142. The minimum atomic E-state index is -0.678. The molecular formula is C37H47N7O6. The second kappa shape index (κ2) is 18.9. The van der Waals surface area contributed by atoms with Crippen LogP contribution in [0.4, 0.5) is 21.1 Å². The predicted molar refractivity (Wildman–Crippen MR) is 193 cm³/mol. The highest BCUT2D eigenvalue weighted by Crippen LogP contribution is 2.28. The Kier molecular flexibility index (Phi) is 14.1. The van der Waals surface area contributed by atoms with Gasteiger partial charge in [0.2, 0.25) is 0 Å². The van der Waals surface area contributed by atoms with Gasteiger partial charge in [0.15, 0.2) is 0 Å². The Morgan fingerprint density at radius 2 is 1.70 bits per heavy atom. The van der Waals surface area contributed by atoms with Crippen molar-refractivity contribution in [3.63, 3.8) is 0 Å². The average Bonchev–Trinajstić information content (AvgIpc) is 3.53. The van der Waals surface area contributed by atoms with E-state index in [-0.39, 0.29) is 25.4 Å². The fraction of sp³-hybridized carbons (Fsp3) is 0.405. The van der Waals surface area contributed by atoms with Gasteiger partial charge in [-0.2, -0.15) is 0 Å². The molecule has 0 radical (unpaired) electrons. The molecule has 0 unspecified atom stereocenters. The second-order valence-corrected chi connectivity index (χ2v) is 11.8. The lowest BCUT2D eigenvalue weighted by Crippen LogP contribution is -2.36. The molecule has 13 nitrogen and oxygen atoms in total. The van der Waals surface area contributed by atoms with Gasteiger partial charge in [0.05, 0.1) is 37.2 Å². The zero-order valence-electron chi connectivity index (χ0n) is 29.3. The Bertz CT molecular complexity index is 1730. The van der Waals surface area contributed by atoms with E-state index in [2.05, 4.69) is 22.2 Å². The molecule has 0 spiro atoms. The van der Waals surface area contributed by atoms with E-state index in [1.807, 2.05) is 31.0 Å². The highest BCUT2D eigenvalue weighted by molar-refractivity contribution is 6.04. The van der Waals surface area contributed by atoms with E-state index in [9.17, 15) is 14.4 Å². The van der Waals surface area contributed by atoms with Crippen LogP contribution in [0, 0.1) is 12.3 Å². The Morgan fingerprint density at radius 3 is 2.42 bits per heavy atom. The maximum Gasteiger partial charge on any atom is 0.420 e. The number of H-pyrrole nitrogens is 1. The number of amidine groups is 1. The quantitative estimate of drug-likeness (QED) is 0.0449. The number of alkyl carbamates (subject to hydrolysis) is 1. The number of fused-ring (bicyclic) bond motifs is 1. The predicted octanol–water partition coefficient (Wildman–Crippen LogP) is 7.27. The summed E-state index contributed by atoms with van der Waals surface area (Å²) in [6.07, 6.45) is 6.85. The second-order valence-electron chi connectivity index (χ2n) is 11.8. The van der Waals surface area contributed by atoms with Crippen molar-refractivity contribution >= 4 is 46.5 Å². The summed E-state index contributed by atoms with van der Waals surface area (Å²) in [5.74, 6) is 0.942. The number of rotatable bonds is 17. The molecule has 13 heteroatoms. The third kappa shape index (κ3) is 10.8. The number of hydrogen-bond donors (Lipinski definition) is 3. The van der Waals surface area contributed by atoms with E-state index in [0.29, 0.717) is 47.2 Å². The molecule has 0 fully saturated rings. The van der Waals surface area contributed by atoms with Crippen molar-refractivity contribution in [2.75, 3.05) is 36.6 Å². The normalized spacial score (nSPS) is 10.8. The van der Waals surface area contributed by atoms with Crippen molar-refractivity contribution in [1.29, 1.82) is 5.41 Å². The first-order valence-corrected chi connectivity index (χ1v) is 17.1. The minimum absolute atomic E-state index is 0.0100. The van der Waals surface area contributed by atoms with Crippen LogP contribution in [0.15, 0.2) is 60.8 Å². The van der Waals surface area contributed by atoms with Gasteiger partial charge in [-0.15, -0.1) is 0 Å².